The zero-order valence-corrected chi connectivity index (χ0v) is 15.4. The minimum absolute atomic E-state index is 0.0557. The highest BCUT2D eigenvalue weighted by Gasteiger charge is 2.22. The van der Waals surface area contributed by atoms with Crippen molar-refractivity contribution in [1.29, 1.82) is 0 Å². The highest BCUT2D eigenvalue weighted by atomic mass is 32.2. The van der Waals surface area contributed by atoms with Crippen LogP contribution in [0.4, 0.5) is 9.18 Å². The van der Waals surface area contributed by atoms with E-state index in [4.69, 9.17) is 4.74 Å². The number of nitrogens with one attached hydrogen (secondary N) is 1. The van der Waals surface area contributed by atoms with Crippen LogP contribution in [0.5, 0.6) is 5.75 Å². The van der Waals surface area contributed by atoms with Crippen molar-refractivity contribution in [2.45, 2.75) is 12.6 Å². The third-order valence-electron chi connectivity index (χ3n) is 3.84. The monoisotopic (exact) mass is 383 g/mol. The van der Waals surface area contributed by atoms with Gasteiger partial charge in [-0.25, -0.2) is 4.98 Å². The highest BCUT2D eigenvalue weighted by Crippen LogP contribution is 2.26. The van der Waals surface area contributed by atoms with Gasteiger partial charge in [0.15, 0.2) is 0 Å². The first-order valence-electron chi connectivity index (χ1n) is 8.25. The van der Waals surface area contributed by atoms with Crippen molar-refractivity contribution in [2.75, 3.05) is 6.26 Å². The van der Waals surface area contributed by atoms with Gasteiger partial charge in [0.05, 0.1) is 0 Å². The molecule has 7 heteroatoms. The first kappa shape index (κ1) is 18.8. The largest absolute Gasteiger partial charge is 0.489 e. The van der Waals surface area contributed by atoms with Crippen LogP contribution in [0, 0.1) is 5.95 Å². The molecule has 27 heavy (non-hydrogen) atoms. The van der Waals surface area contributed by atoms with Crippen LogP contribution in [0.2, 0.25) is 0 Å². The van der Waals surface area contributed by atoms with Crippen LogP contribution >= 0.6 is 11.8 Å². The molecule has 3 rings (SSSR count). The van der Waals surface area contributed by atoms with Crippen molar-refractivity contribution in [1.82, 2.24) is 15.3 Å². The fraction of sp³-hybridized carbons (Fsp3) is 0.150. The Balaban J connectivity index is 1.86. The summed E-state index contributed by atoms with van der Waals surface area (Å²) in [6.07, 6.45) is 4.32. The molecule has 138 valence electrons. The van der Waals surface area contributed by atoms with E-state index in [1.807, 2.05) is 36.4 Å². The fourth-order valence-corrected chi connectivity index (χ4v) is 2.77. The Labute approximate surface area is 161 Å². The first-order chi connectivity index (χ1) is 13.2. The van der Waals surface area contributed by atoms with E-state index in [-0.39, 0.29) is 10.9 Å². The lowest BCUT2D eigenvalue weighted by Gasteiger charge is -2.19. The first-order valence-corrected chi connectivity index (χ1v) is 9.47. The normalized spacial score (nSPS) is 11.6. The lowest BCUT2D eigenvalue weighted by molar-refractivity contribution is 0.258. The topological polar surface area (TPSA) is 64.1 Å². The number of carbonyl (C=O) groups excluding carboxylic acids is 1. The van der Waals surface area contributed by atoms with Crippen LogP contribution in [0.3, 0.4) is 0 Å². The predicted octanol–water partition coefficient (Wildman–Crippen LogP) is 4.36. The zero-order valence-electron chi connectivity index (χ0n) is 14.6. The Bertz CT molecular complexity index is 908. The van der Waals surface area contributed by atoms with Crippen molar-refractivity contribution in [3.05, 3.63) is 89.8 Å². The Morgan fingerprint density at radius 1 is 1.15 bits per heavy atom. The molecule has 0 saturated heterocycles. The van der Waals surface area contributed by atoms with E-state index in [2.05, 4.69) is 15.3 Å². The summed E-state index contributed by atoms with van der Waals surface area (Å²) < 4.78 is 20.0. The maximum absolute atomic E-state index is 14.2. The minimum atomic E-state index is -0.765. The van der Waals surface area contributed by atoms with Crippen LogP contribution in [-0.2, 0) is 6.61 Å². The molecule has 2 aromatic carbocycles. The molecule has 1 N–H and O–H groups in total. The number of halogens is 1. The third kappa shape index (κ3) is 5.04. The summed E-state index contributed by atoms with van der Waals surface area (Å²) in [4.78, 5) is 19.6. The van der Waals surface area contributed by atoms with Crippen LogP contribution in [-0.4, -0.2) is 21.5 Å². The van der Waals surface area contributed by atoms with Crippen LogP contribution in [0.1, 0.15) is 22.9 Å². The van der Waals surface area contributed by atoms with Gasteiger partial charge in [-0.15, -0.1) is 0 Å². The molecular formula is C20H18FN3O2S. The molecule has 1 unspecified atom stereocenters. The summed E-state index contributed by atoms with van der Waals surface area (Å²) in [5, 5.41) is 2.48. The van der Waals surface area contributed by atoms with Crippen LogP contribution in [0.15, 0.2) is 67.0 Å². The van der Waals surface area contributed by atoms with E-state index >= 15 is 0 Å². The van der Waals surface area contributed by atoms with E-state index in [1.165, 1.54) is 12.4 Å². The second-order valence-corrected chi connectivity index (χ2v) is 6.43. The van der Waals surface area contributed by atoms with Gasteiger partial charge >= 0.3 is 0 Å². The Kier molecular flexibility index (Phi) is 6.38. The summed E-state index contributed by atoms with van der Waals surface area (Å²) in [7, 11) is 0. The van der Waals surface area contributed by atoms with Gasteiger partial charge in [0.25, 0.3) is 5.24 Å². The Morgan fingerprint density at radius 2 is 1.93 bits per heavy atom. The zero-order chi connectivity index (χ0) is 19.1. The molecule has 0 saturated carbocycles. The molecule has 3 aromatic rings. The van der Waals surface area contributed by atoms with Gasteiger partial charge in [-0.2, -0.15) is 4.39 Å². The average molecular weight is 383 g/mol. The Hall–Kier alpha value is -2.93. The van der Waals surface area contributed by atoms with Crippen molar-refractivity contribution >= 4 is 17.0 Å². The van der Waals surface area contributed by atoms with Gasteiger partial charge < -0.3 is 10.1 Å². The van der Waals surface area contributed by atoms with E-state index < -0.39 is 12.0 Å². The van der Waals surface area contributed by atoms with E-state index in [1.54, 1.807) is 24.5 Å². The molecule has 1 heterocycles. The molecule has 5 nitrogen and oxygen atoms in total. The highest BCUT2D eigenvalue weighted by molar-refractivity contribution is 8.12. The van der Waals surface area contributed by atoms with Gasteiger partial charge in [-0.05, 0) is 29.5 Å². The number of hydrogen-bond acceptors (Lipinski definition) is 5. The van der Waals surface area contributed by atoms with Crippen molar-refractivity contribution < 1.29 is 13.9 Å². The van der Waals surface area contributed by atoms with E-state index in [9.17, 15) is 9.18 Å². The molecule has 0 aliphatic rings. The average Bonchev–Trinajstić information content (AvgIpc) is 2.72. The number of carbonyl (C=O) groups is 1. The molecule has 0 fully saturated rings. The number of ether oxygens (including phenoxy) is 1. The third-order valence-corrected chi connectivity index (χ3v) is 4.33. The molecule has 1 atom stereocenters. The standard InChI is InChI=1S/C20H18FN3O2S/c1-27-20(25)24-17(18-19(21)23-11-10-22-18)15-8-5-9-16(12-15)26-13-14-6-3-2-4-7-14/h2-12,17H,13H2,1H3,(H,24,25). The number of nitrogens with zero attached hydrogens (tertiary/aromatic N) is 2. The lowest BCUT2D eigenvalue weighted by atomic mass is 10.0. The van der Waals surface area contributed by atoms with E-state index in [0.717, 1.165) is 17.3 Å². The van der Waals surface area contributed by atoms with Gasteiger partial charge in [0.1, 0.15) is 24.1 Å². The quantitative estimate of drug-likeness (QED) is 0.685. The van der Waals surface area contributed by atoms with E-state index in [0.29, 0.717) is 17.9 Å². The number of thioether (sulfide) groups is 1. The van der Waals surface area contributed by atoms with Crippen molar-refractivity contribution in [2.24, 2.45) is 0 Å². The number of rotatable bonds is 6. The molecule has 1 aromatic heterocycles. The molecule has 0 aliphatic carbocycles. The van der Waals surface area contributed by atoms with Crippen molar-refractivity contribution in [3.63, 3.8) is 0 Å². The summed E-state index contributed by atoms with van der Waals surface area (Å²) >= 11 is 1.01. The number of hydrogen-bond donors (Lipinski definition) is 1. The van der Waals surface area contributed by atoms with Gasteiger partial charge in [-0.1, -0.05) is 54.2 Å². The van der Waals surface area contributed by atoms with Crippen LogP contribution < -0.4 is 10.1 Å². The molecule has 0 radical (unpaired) electrons. The number of benzene rings is 2. The maximum atomic E-state index is 14.2. The van der Waals surface area contributed by atoms with Crippen molar-refractivity contribution in [3.8, 4) is 5.75 Å². The summed E-state index contributed by atoms with van der Waals surface area (Å²) in [5.74, 6) is -0.108. The summed E-state index contributed by atoms with van der Waals surface area (Å²) in [6.45, 7) is 0.408. The molecule has 0 spiro atoms. The Morgan fingerprint density at radius 3 is 2.67 bits per heavy atom. The fourth-order valence-electron chi connectivity index (χ4n) is 2.54. The second-order valence-electron chi connectivity index (χ2n) is 5.65. The van der Waals surface area contributed by atoms with Gasteiger partial charge in [0.2, 0.25) is 5.95 Å². The van der Waals surface area contributed by atoms with Gasteiger partial charge in [-0.3, -0.25) is 9.78 Å². The smallest absolute Gasteiger partial charge is 0.279 e. The predicted molar refractivity (Wildman–Crippen MR) is 103 cm³/mol. The summed E-state index contributed by atoms with van der Waals surface area (Å²) in [6, 6.07) is 16.2. The summed E-state index contributed by atoms with van der Waals surface area (Å²) in [5.41, 5.74) is 1.75. The molecule has 0 bridgehead atoms. The molecule has 0 aliphatic heterocycles. The maximum Gasteiger partial charge on any atom is 0.279 e. The number of aromatic nitrogens is 2. The molecule has 1 amide bonds. The molecular weight excluding hydrogens is 365 g/mol. The lowest BCUT2D eigenvalue weighted by Crippen LogP contribution is -2.27. The van der Waals surface area contributed by atoms with Gasteiger partial charge in [0, 0.05) is 12.4 Å². The minimum Gasteiger partial charge on any atom is -0.489 e. The SMILES string of the molecule is CSC(=O)NC(c1cccc(OCc2ccccc2)c1)c1nccnc1F. The second kappa shape index (κ2) is 9.14. The number of amides is 1. The van der Waals surface area contributed by atoms with Crippen LogP contribution in [0.25, 0.3) is 0 Å².